The van der Waals surface area contributed by atoms with E-state index < -0.39 is 0 Å². The third-order valence-electron chi connectivity index (χ3n) is 4.44. The fraction of sp³-hybridized carbons (Fsp3) is 0.304. The number of unbranched alkanes of at least 4 members (excludes halogenated alkanes) is 3. The van der Waals surface area contributed by atoms with Crippen molar-refractivity contribution in [1.29, 1.82) is 0 Å². The van der Waals surface area contributed by atoms with Crippen LogP contribution in [0.1, 0.15) is 48.0 Å². The zero-order valence-electron chi connectivity index (χ0n) is 16.4. The second-order valence-corrected chi connectivity index (χ2v) is 7.78. The van der Waals surface area contributed by atoms with Gasteiger partial charge in [0.2, 0.25) is 0 Å². The summed E-state index contributed by atoms with van der Waals surface area (Å²) in [6.45, 7) is 4.91. The van der Waals surface area contributed by atoms with E-state index in [1.54, 1.807) is 23.5 Å². The van der Waals surface area contributed by atoms with Crippen molar-refractivity contribution in [1.82, 2.24) is 4.98 Å². The van der Waals surface area contributed by atoms with Crippen LogP contribution in [0.5, 0.6) is 5.75 Å². The van der Waals surface area contributed by atoms with E-state index in [2.05, 4.69) is 17.2 Å². The SMILES string of the molecule is CCCCCCOc1ccc(C(=O)Nc2ccc(-c3csc(C)n3)cc2)cc1. The molecule has 0 saturated heterocycles. The van der Waals surface area contributed by atoms with E-state index in [-0.39, 0.29) is 5.91 Å². The van der Waals surface area contributed by atoms with Gasteiger partial charge in [0.05, 0.1) is 17.3 Å². The van der Waals surface area contributed by atoms with Gasteiger partial charge < -0.3 is 10.1 Å². The topological polar surface area (TPSA) is 51.2 Å². The van der Waals surface area contributed by atoms with Crippen molar-refractivity contribution in [2.24, 2.45) is 0 Å². The number of nitrogens with one attached hydrogen (secondary N) is 1. The molecule has 1 heterocycles. The molecule has 3 rings (SSSR count). The number of thiazole rings is 1. The summed E-state index contributed by atoms with van der Waals surface area (Å²) in [6, 6.07) is 15.0. The monoisotopic (exact) mass is 394 g/mol. The molecule has 0 bridgehead atoms. The Balaban J connectivity index is 1.52. The van der Waals surface area contributed by atoms with Gasteiger partial charge in [-0.25, -0.2) is 4.98 Å². The summed E-state index contributed by atoms with van der Waals surface area (Å²) in [5.41, 5.74) is 3.38. The summed E-state index contributed by atoms with van der Waals surface area (Å²) < 4.78 is 5.73. The lowest BCUT2D eigenvalue weighted by Crippen LogP contribution is -2.11. The molecule has 2 aromatic carbocycles. The van der Waals surface area contributed by atoms with Crippen molar-refractivity contribution in [3.63, 3.8) is 0 Å². The highest BCUT2D eigenvalue weighted by Gasteiger charge is 2.07. The van der Waals surface area contributed by atoms with Crippen LogP contribution in [0.25, 0.3) is 11.3 Å². The maximum Gasteiger partial charge on any atom is 0.255 e. The Bertz CT molecular complexity index is 886. The summed E-state index contributed by atoms with van der Waals surface area (Å²) in [4.78, 5) is 16.9. The summed E-state index contributed by atoms with van der Waals surface area (Å²) in [5, 5.41) is 6.01. The molecule has 0 aliphatic rings. The van der Waals surface area contributed by atoms with E-state index in [1.807, 2.05) is 48.7 Å². The highest BCUT2D eigenvalue weighted by atomic mass is 32.1. The van der Waals surface area contributed by atoms with Crippen molar-refractivity contribution in [2.45, 2.75) is 39.5 Å². The number of carbonyl (C=O) groups excluding carboxylic acids is 1. The number of amides is 1. The van der Waals surface area contributed by atoms with Crippen molar-refractivity contribution in [3.05, 3.63) is 64.5 Å². The molecule has 1 aromatic heterocycles. The fourth-order valence-electron chi connectivity index (χ4n) is 2.84. The van der Waals surface area contributed by atoms with Gasteiger partial charge >= 0.3 is 0 Å². The summed E-state index contributed by atoms with van der Waals surface area (Å²) in [5.74, 6) is 0.669. The molecular weight excluding hydrogens is 368 g/mol. The average molecular weight is 395 g/mol. The third kappa shape index (κ3) is 5.67. The molecule has 1 amide bonds. The van der Waals surface area contributed by atoms with Crippen LogP contribution in [0.4, 0.5) is 5.69 Å². The largest absolute Gasteiger partial charge is 0.494 e. The van der Waals surface area contributed by atoms with E-state index >= 15 is 0 Å². The Morgan fingerprint density at radius 3 is 2.43 bits per heavy atom. The summed E-state index contributed by atoms with van der Waals surface area (Å²) in [6.07, 6.45) is 4.72. The molecule has 0 fully saturated rings. The van der Waals surface area contributed by atoms with Crippen molar-refractivity contribution in [3.8, 4) is 17.0 Å². The van der Waals surface area contributed by atoms with E-state index in [0.29, 0.717) is 5.56 Å². The molecule has 0 spiro atoms. The molecule has 0 aliphatic heterocycles. The highest BCUT2D eigenvalue weighted by molar-refractivity contribution is 7.09. The summed E-state index contributed by atoms with van der Waals surface area (Å²) in [7, 11) is 0. The minimum Gasteiger partial charge on any atom is -0.494 e. The maximum absolute atomic E-state index is 12.5. The van der Waals surface area contributed by atoms with Crippen LogP contribution in [0.3, 0.4) is 0 Å². The van der Waals surface area contributed by atoms with E-state index in [1.165, 1.54) is 19.3 Å². The normalized spacial score (nSPS) is 10.6. The maximum atomic E-state index is 12.5. The molecule has 3 aromatic rings. The number of anilines is 1. The predicted octanol–water partition coefficient (Wildman–Crippen LogP) is 6.33. The van der Waals surface area contributed by atoms with Crippen LogP contribution in [0.15, 0.2) is 53.9 Å². The van der Waals surface area contributed by atoms with Crippen LogP contribution < -0.4 is 10.1 Å². The molecule has 146 valence electrons. The average Bonchev–Trinajstić information content (AvgIpc) is 3.15. The molecular formula is C23H26N2O2S. The number of aromatic nitrogens is 1. The number of aryl methyl sites for hydroxylation is 1. The number of ether oxygens (including phenoxy) is 1. The molecule has 0 radical (unpaired) electrons. The molecule has 0 aliphatic carbocycles. The Morgan fingerprint density at radius 1 is 1.04 bits per heavy atom. The fourth-order valence-corrected chi connectivity index (χ4v) is 3.47. The van der Waals surface area contributed by atoms with Gasteiger partial charge in [-0.3, -0.25) is 4.79 Å². The van der Waals surface area contributed by atoms with Crippen LogP contribution in [-0.4, -0.2) is 17.5 Å². The Hall–Kier alpha value is -2.66. The van der Waals surface area contributed by atoms with Gasteiger partial charge in [0, 0.05) is 22.2 Å². The van der Waals surface area contributed by atoms with Gasteiger partial charge in [-0.05, 0) is 49.7 Å². The number of carbonyl (C=O) groups is 1. The number of benzene rings is 2. The van der Waals surface area contributed by atoms with E-state index in [9.17, 15) is 4.79 Å². The quantitative estimate of drug-likeness (QED) is 0.431. The Kier molecular flexibility index (Phi) is 7.20. The van der Waals surface area contributed by atoms with Gasteiger partial charge in [-0.15, -0.1) is 11.3 Å². The van der Waals surface area contributed by atoms with Gasteiger partial charge in [0.15, 0.2) is 0 Å². The minimum atomic E-state index is -0.133. The van der Waals surface area contributed by atoms with Crippen LogP contribution >= 0.6 is 11.3 Å². The number of rotatable bonds is 9. The Labute approximate surface area is 170 Å². The first-order chi connectivity index (χ1) is 13.7. The number of nitrogens with zero attached hydrogens (tertiary/aromatic N) is 1. The van der Waals surface area contributed by atoms with Crippen molar-refractivity contribution >= 4 is 22.9 Å². The smallest absolute Gasteiger partial charge is 0.255 e. The van der Waals surface area contributed by atoms with Crippen molar-refractivity contribution < 1.29 is 9.53 Å². The van der Waals surface area contributed by atoms with Gasteiger partial charge in [0.1, 0.15) is 5.75 Å². The zero-order chi connectivity index (χ0) is 19.8. The summed E-state index contributed by atoms with van der Waals surface area (Å²) >= 11 is 1.63. The molecule has 1 N–H and O–H groups in total. The zero-order valence-corrected chi connectivity index (χ0v) is 17.2. The molecule has 0 atom stereocenters. The first-order valence-electron chi connectivity index (χ1n) is 9.72. The molecule has 28 heavy (non-hydrogen) atoms. The standard InChI is InChI=1S/C23H26N2O2S/c1-3-4-5-6-15-27-21-13-9-19(10-14-21)23(26)25-20-11-7-18(8-12-20)22-16-28-17(2)24-22/h7-14,16H,3-6,15H2,1-2H3,(H,25,26). The Morgan fingerprint density at radius 2 is 1.79 bits per heavy atom. The predicted molar refractivity (Wildman–Crippen MR) is 116 cm³/mol. The third-order valence-corrected chi connectivity index (χ3v) is 5.21. The lowest BCUT2D eigenvalue weighted by molar-refractivity contribution is 0.102. The highest BCUT2D eigenvalue weighted by Crippen LogP contribution is 2.23. The van der Waals surface area contributed by atoms with E-state index in [4.69, 9.17) is 4.74 Å². The van der Waals surface area contributed by atoms with E-state index in [0.717, 1.165) is 40.7 Å². The molecule has 0 unspecified atom stereocenters. The van der Waals surface area contributed by atoms with Crippen LogP contribution in [0.2, 0.25) is 0 Å². The molecule has 5 heteroatoms. The number of hydrogen-bond acceptors (Lipinski definition) is 4. The minimum absolute atomic E-state index is 0.133. The van der Waals surface area contributed by atoms with Crippen LogP contribution in [-0.2, 0) is 0 Å². The second-order valence-electron chi connectivity index (χ2n) is 6.72. The first-order valence-corrected chi connectivity index (χ1v) is 10.6. The second kappa shape index (κ2) is 10.0. The van der Waals surface area contributed by atoms with Gasteiger partial charge in [-0.1, -0.05) is 38.3 Å². The number of hydrogen-bond donors (Lipinski definition) is 1. The first kappa shape index (κ1) is 20.1. The molecule has 4 nitrogen and oxygen atoms in total. The van der Waals surface area contributed by atoms with Crippen LogP contribution in [0, 0.1) is 6.92 Å². The lowest BCUT2D eigenvalue weighted by Gasteiger charge is -2.08. The van der Waals surface area contributed by atoms with Gasteiger partial charge in [-0.2, -0.15) is 0 Å². The molecule has 0 saturated carbocycles. The van der Waals surface area contributed by atoms with Crippen molar-refractivity contribution in [2.75, 3.05) is 11.9 Å². The van der Waals surface area contributed by atoms with Gasteiger partial charge in [0.25, 0.3) is 5.91 Å². The lowest BCUT2D eigenvalue weighted by atomic mass is 10.1.